The third-order valence-electron chi connectivity index (χ3n) is 2.93. The fourth-order valence-corrected chi connectivity index (χ4v) is 2.39. The van der Waals surface area contributed by atoms with Crippen LogP contribution < -0.4 is 5.73 Å². The predicted molar refractivity (Wildman–Crippen MR) is 73.5 cm³/mol. The van der Waals surface area contributed by atoms with Crippen LogP contribution in [0.2, 0.25) is 5.15 Å². The summed E-state index contributed by atoms with van der Waals surface area (Å²) in [7, 11) is 0. The molecule has 0 fully saturated rings. The largest absolute Gasteiger partial charge is 0.325 e. The van der Waals surface area contributed by atoms with E-state index in [0.29, 0.717) is 11.7 Å². The van der Waals surface area contributed by atoms with E-state index in [-0.39, 0.29) is 0 Å². The number of hydrogen-bond donors (Lipinski definition) is 1. The zero-order chi connectivity index (χ0) is 12.5. The van der Waals surface area contributed by atoms with Crippen LogP contribution in [0.1, 0.15) is 5.69 Å². The van der Waals surface area contributed by atoms with Crippen molar-refractivity contribution in [2.75, 3.05) is 0 Å². The Morgan fingerprint density at radius 1 is 1.06 bits per heavy atom. The van der Waals surface area contributed by atoms with Crippen LogP contribution in [0.15, 0.2) is 48.5 Å². The summed E-state index contributed by atoms with van der Waals surface area (Å²) < 4.78 is 1.89. The number of nitrogens with zero attached hydrogens (tertiary/aromatic N) is 2. The van der Waals surface area contributed by atoms with E-state index in [1.165, 1.54) is 0 Å². The van der Waals surface area contributed by atoms with Crippen LogP contribution >= 0.6 is 11.6 Å². The Kier molecular flexibility index (Phi) is 2.78. The first kappa shape index (κ1) is 11.3. The standard InChI is InChI=1S/C14H12ClN3/c15-12-7-4-8-13-17-14(11(9-16)18(12)13)10-5-2-1-3-6-10/h1-8H,9,16H2. The van der Waals surface area contributed by atoms with Crippen molar-refractivity contribution >= 4 is 17.2 Å². The maximum atomic E-state index is 6.21. The zero-order valence-corrected chi connectivity index (χ0v) is 10.4. The fourth-order valence-electron chi connectivity index (χ4n) is 2.13. The monoisotopic (exact) mass is 257 g/mol. The molecule has 2 aromatic heterocycles. The minimum Gasteiger partial charge on any atom is -0.325 e. The highest BCUT2D eigenvalue weighted by atomic mass is 35.5. The number of rotatable bonds is 2. The van der Waals surface area contributed by atoms with Crippen LogP contribution in [0.4, 0.5) is 0 Å². The second-order valence-electron chi connectivity index (χ2n) is 4.02. The van der Waals surface area contributed by atoms with Crippen molar-refractivity contribution in [2.45, 2.75) is 6.54 Å². The number of fused-ring (bicyclic) bond motifs is 1. The number of aromatic nitrogens is 2. The molecule has 3 nitrogen and oxygen atoms in total. The average molecular weight is 258 g/mol. The van der Waals surface area contributed by atoms with E-state index in [1.807, 2.05) is 52.9 Å². The van der Waals surface area contributed by atoms with Crippen LogP contribution in [0, 0.1) is 0 Å². The first-order chi connectivity index (χ1) is 8.81. The lowest BCUT2D eigenvalue weighted by atomic mass is 10.1. The highest BCUT2D eigenvalue weighted by Gasteiger charge is 2.13. The predicted octanol–water partition coefficient (Wildman–Crippen LogP) is 3.11. The van der Waals surface area contributed by atoms with Crippen LogP contribution in [0.3, 0.4) is 0 Å². The summed E-state index contributed by atoms with van der Waals surface area (Å²) in [6.07, 6.45) is 0. The molecule has 1 aromatic carbocycles. The Morgan fingerprint density at radius 2 is 1.83 bits per heavy atom. The van der Waals surface area contributed by atoms with Crippen molar-refractivity contribution in [3.8, 4) is 11.3 Å². The van der Waals surface area contributed by atoms with Crippen LogP contribution in [-0.2, 0) is 6.54 Å². The van der Waals surface area contributed by atoms with Gasteiger partial charge >= 0.3 is 0 Å². The van der Waals surface area contributed by atoms with Crippen LogP contribution in [-0.4, -0.2) is 9.38 Å². The number of hydrogen-bond acceptors (Lipinski definition) is 2. The van der Waals surface area contributed by atoms with Gasteiger partial charge in [-0.25, -0.2) is 4.98 Å². The van der Waals surface area contributed by atoms with Gasteiger partial charge in [0.15, 0.2) is 0 Å². The van der Waals surface area contributed by atoms with Gasteiger partial charge in [0.05, 0.1) is 11.4 Å². The first-order valence-corrected chi connectivity index (χ1v) is 6.10. The smallest absolute Gasteiger partial charge is 0.138 e. The third kappa shape index (κ3) is 1.68. The van der Waals surface area contributed by atoms with Crippen molar-refractivity contribution in [1.29, 1.82) is 0 Å². The SMILES string of the molecule is NCc1c(-c2ccccc2)nc2cccc(Cl)n12. The quantitative estimate of drug-likeness (QED) is 0.717. The van der Waals surface area contributed by atoms with E-state index in [9.17, 15) is 0 Å². The molecule has 4 heteroatoms. The number of pyridine rings is 1. The molecule has 3 rings (SSSR count). The topological polar surface area (TPSA) is 43.3 Å². The summed E-state index contributed by atoms with van der Waals surface area (Å²) in [5.74, 6) is 0. The van der Waals surface area contributed by atoms with Gasteiger partial charge in [0, 0.05) is 12.1 Å². The van der Waals surface area contributed by atoms with Gasteiger partial charge in [0.25, 0.3) is 0 Å². The van der Waals surface area contributed by atoms with E-state index < -0.39 is 0 Å². The lowest BCUT2D eigenvalue weighted by Gasteiger charge is -2.03. The Morgan fingerprint density at radius 3 is 2.56 bits per heavy atom. The minimum atomic E-state index is 0.398. The van der Waals surface area contributed by atoms with Crippen molar-refractivity contribution in [3.05, 3.63) is 59.4 Å². The number of imidazole rings is 1. The second kappa shape index (κ2) is 4.44. The zero-order valence-electron chi connectivity index (χ0n) is 9.68. The van der Waals surface area contributed by atoms with E-state index in [0.717, 1.165) is 22.6 Å². The molecule has 3 aromatic rings. The van der Waals surface area contributed by atoms with Gasteiger partial charge in [0.2, 0.25) is 0 Å². The molecule has 90 valence electrons. The normalized spacial score (nSPS) is 11.0. The van der Waals surface area contributed by atoms with Gasteiger partial charge in [-0.1, -0.05) is 48.0 Å². The molecule has 0 aliphatic rings. The summed E-state index contributed by atoms with van der Waals surface area (Å²) in [6, 6.07) is 15.7. The molecule has 0 saturated carbocycles. The highest BCUT2D eigenvalue weighted by molar-refractivity contribution is 6.29. The van der Waals surface area contributed by atoms with Crippen molar-refractivity contribution in [3.63, 3.8) is 0 Å². The molecule has 0 radical (unpaired) electrons. The van der Waals surface area contributed by atoms with Gasteiger partial charge in [0.1, 0.15) is 10.8 Å². The van der Waals surface area contributed by atoms with E-state index in [2.05, 4.69) is 4.98 Å². The van der Waals surface area contributed by atoms with Crippen LogP contribution in [0.5, 0.6) is 0 Å². The minimum absolute atomic E-state index is 0.398. The molecule has 0 spiro atoms. The molecule has 0 atom stereocenters. The molecular weight excluding hydrogens is 246 g/mol. The van der Waals surface area contributed by atoms with Gasteiger partial charge in [-0.05, 0) is 12.1 Å². The van der Waals surface area contributed by atoms with Gasteiger partial charge < -0.3 is 5.73 Å². The Balaban J connectivity index is 2.34. The Bertz CT molecular complexity index is 689. The summed E-state index contributed by atoms with van der Waals surface area (Å²) in [5, 5.41) is 0.627. The summed E-state index contributed by atoms with van der Waals surface area (Å²) in [4.78, 5) is 4.61. The highest BCUT2D eigenvalue weighted by Crippen LogP contribution is 2.26. The van der Waals surface area contributed by atoms with Gasteiger partial charge in [-0.2, -0.15) is 0 Å². The van der Waals surface area contributed by atoms with E-state index in [4.69, 9.17) is 17.3 Å². The van der Waals surface area contributed by atoms with Crippen molar-refractivity contribution < 1.29 is 0 Å². The fraction of sp³-hybridized carbons (Fsp3) is 0.0714. The number of benzene rings is 1. The number of halogens is 1. The molecular formula is C14H12ClN3. The molecule has 2 N–H and O–H groups in total. The van der Waals surface area contributed by atoms with Crippen LogP contribution in [0.25, 0.3) is 16.9 Å². The van der Waals surface area contributed by atoms with E-state index >= 15 is 0 Å². The van der Waals surface area contributed by atoms with E-state index in [1.54, 1.807) is 0 Å². The molecule has 2 heterocycles. The lowest BCUT2D eigenvalue weighted by molar-refractivity contribution is 0.962. The van der Waals surface area contributed by atoms with Crippen molar-refractivity contribution in [2.24, 2.45) is 5.73 Å². The molecule has 0 aliphatic heterocycles. The summed E-state index contributed by atoms with van der Waals surface area (Å²) in [6.45, 7) is 0.398. The Hall–Kier alpha value is -1.84. The summed E-state index contributed by atoms with van der Waals surface area (Å²) >= 11 is 6.21. The molecule has 0 aliphatic carbocycles. The number of nitrogens with two attached hydrogens (primary N) is 1. The van der Waals surface area contributed by atoms with Gasteiger partial charge in [-0.15, -0.1) is 0 Å². The third-order valence-corrected chi connectivity index (χ3v) is 3.23. The van der Waals surface area contributed by atoms with Gasteiger partial charge in [-0.3, -0.25) is 4.40 Å². The average Bonchev–Trinajstić information content (AvgIpc) is 2.79. The molecule has 0 unspecified atom stereocenters. The maximum absolute atomic E-state index is 6.21. The summed E-state index contributed by atoms with van der Waals surface area (Å²) in [5.41, 5.74) is 9.55. The maximum Gasteiger partial charge on any atom is 0.138 e. The Labute approximate surface area is 110 Å². The second-order valence-corrected chi connectivity index (χ2v) is 4.41. The molecule has 0 amide bonds. The first-order valence-electron chi connectivity index (χ1n) is 5.72. The molecule has 0 saturated heterocycles. The molecule has 0 bridgehead atoms. The lowest BCUT2D eigenvalue weighted by Crippen LogP contribution is -2.03. The van der Waals surface area contributed by atoms with Crippen molar-refractivity contribution in [1.82, 2.24) is 9.38 Å². The molecule has 18 heavy (non-hydrogen) atoms.